The van der Waals surface area contributed by atoms with Crippen LogP contribution in [0.1, 0.15) is 5.76 Å². The number of anilines is 1. The lowest BCUT2D eigenvalue weighted by Gasteiger charge is -2.12. The number of aryl methyl sites for hydroxylation is 1. The number of para-hydroxylation sites is 2. The molecule has 0 atom stereocenters. The highest BCUT2D eigenvalue weighted by Crippen LogP contribution is 2.34. The average Bonchev–Trinajstić information content (AvgIpc) is 3.33. The molecule has 1 aliphatic rings. The summed E-state index contributed by atoms with van der Waals surface area (Å²) in [6.45, 7) is 1.55. The molecule has 0 radical (unpaired) electrons. The molecule has 4 aromatic rings. The standard InChI is InChI=1S/C26H21NO8/c1-15-26(35-21-6-4-3-5-19(21)30-2)25(29)18-9-8-17(12-22(18)34-15)31-13-24(28)27-16-7-10-20-23(11-16)33-14-32-20/h3-12H,13-14H2,1-2H3,(H,27,28). The number of benzene rings is 3. The molecule has 1 amide bonds. The predicted molar refractivity (Wildman–Crippen MR) is 127 cm³/mol. The van der Waals surface area contributed by atoms with Crippen LogP contribution in [-0.4, -0.2) is 26.4 Å². The number of amides is 1. The first-order chi connectivity index (χ1) is 17.0. The van der Waals surface area contributed by atoms with E-state index >= 15 is 0 Å². The van der Waals surface area contributed by atoms with Crippen LogP contribution >= 0.6 is 0 Å². The van der Waals surface area contributed by atoms with E-state index in [1.165, 1.54) is 7.11 Å². The SMILES string of the molecule is COc1ccccc1Oc1c(C)oc2cc(OCC(=O)Nc3ccc4c(c3)OCO4)ccc2c1=O. The van der Waals surface area contributed by atoms with Gasteiger partial charge in [-0.1, -0.05) is 12.1 Å². The van der Waals surface area contributed by atoms with Crippen LogP contribution in [-0.2, 0) is 4.79 Å². The third-order valence-corrected chi connectivity index (χ3v) is 5.29. The molecule has 9 heteroatoms. The molecule has 0 saturated heterocycles. The number of fused-ring (bicyclic) bond motifs is 2. The van der Waals surface area contributed by atoms with Crippen LogP contribution in [0.25, 0.3) is 11.0 Å². The maximum Gasteiger partial charge on any atom is 0.262 e. The summed E-state index contributed by atoms with van der Waals surface area (Å²) in [7, 11) is 1.52. The molecule has 178 valence electrons. The van der Waals surface area contributed by atoms with Crippen LogP contribution in [0.2, 0.25) is 0 Å². The van der Waals surface area contributed by atoms with Crippen molar-refractivity contribution in [3.8, 4) is 34.5 Å². The topological polar surface area (TPSA) is 105 Å². The summed E-state index contributed by atoms with van der Waals surface area (Å²) in [6.07, 6.45) is 0. The molecule has 35 heavy (non-hydrogen) atoms. The summed E-state index contributed by atoms with van der Waals surface area (Å²) in [5.74, 6) is 2.47. The van der Waals surface area contributed by atoms with E-state index in [-0.39, 0.29) is 30.5 Å². The molecule has 5 rings (SSSR count). The lowest BCUT2D eigenvalue weighted by molar-refractivity contribution is -0.118. The maximum absolute atomic E-state index is 13.1. The largest absolute Gasteiger partial charge is 0.493 e. The number of methoxy groups -OCH3 is 1. The average molecular weight is 475 g/mol. The molecule has 0 unspecified atom stereocenters. The molecule has 0 fully saturated rings. The van der Waals surface area contributed by atoms with E-state index in [9.17, 15) is 9.59 Å². The van der Waals surface area contributed by atoms with Gasteiger partial charge in [-0.25, -0.2) is 0 Å². The fourth-order valence-corrected chi connectivity index (χ4v) is 3.61. The predicted octanol–water partition coefficient (Wildman–Crippen LogP) is 4.65. The Morgan fingerprint density at radius 2 is 1.80 bits per heavy atom. The fraction of sp³-hybridized carbons (Fsp3) is 0.154. The molecule has 0 bridgehead atoms. The minimum atomic E-state index is -0.359. The van der Waals surface area contributed by atoms with Crippen molar-refractivity contribution in [2.24, 2.45) is 0 Å². The van der Waals surface area contributed by atoms with Crippen molar-refractivity contribution in [2.75, 3.05) is 25.8 Å². The lowest BCUT2D eigenvalue weighted by atomic mass is 10.2. The molecule has 0 saturated carbocycles. The zero-order chi connectivity index (χ0) is 24.4. The number of ether oxygens (including phenoxy) is 5. The van der Waals surface area contributed by atoms with Crippen LogP contribution in [0, 0.1) is 6.92 Å². The quantitative estimate of drug-likeness (QED) is 0.412. The first kappa shape index (κ1) is 22.1. The fourth-order valence-electron chi connectivity index (χ4n) is 3.61. The Morgan fingerprint density at radius 3 is 2.63 bits per heavy atom. The van der Waals surface area contributed by atoms with Gasteiger partial charge in [0.2, 0.25) is 18.0 Å². The van der Waals surface area contributed by atoms with Crippen LogP contribution < -0.4 is 34.4 Å². The second kappa shape index (κ2) is 9.30. The van der Waals surface area contributed by atoms with E-state index in [0.29, 0.717) is 51.2 Å². The highest BCUT2D eigenvalue weighted by atomic mass is 16.7. The van der Waals surface area contributed by atoms with Crippen LogP contribution in [0.15, 0.2) is 69.9 Å². The highest BCUT2D eigenvalue weighted by molar-refractivity contribution is 5.92. The van der Waals surface area contributed by atoms with Gasteiger partial charge in [0.15, 0.2) is 29.6 Å². The number of carbonyl (C=O) groups excluding carboxylic acids is 1. The third kappa shape index (κ3) is 4.56. The van der Waals surface area contributed by atoms with Crippen LogP contribution in [0.4, 0.5) is 5.69 Å². The van der Waals surface area contributed by atoms with Gasteiger partial charge in [-0.3, -0.25) is 9.59 Å². The van der Waals surface area contributed by atoms with Gasteiger partial charge in [-0.2, -0.15) is 0 Å². The van der Waals surface area contributed by atoms with Gasteiger partial charge >= 0.3 is 0 Å². The zero-order valence-electron chi connectivity index (χ0n) is 19.0. The van der Waals surface area contributed by atoms with Crippen LogP contribution in [0.3, 0.4) is 0 Å². The van der Waals surface area contributed by atoms with Crippen molar-refractivity contribution < 1.29 is 32.9 Å². The van der Waals surface area contributed by atoms with Crippen molar-refractivity contribution in [1.82, 2.24) is 0 Å². The molecule has 9 nitrogen and oxygen atoms in total. The number of hydrogen-bond acceptors (Lipinski definition) is 8. The summed E-state index contributed by atoms with van der Waals surface area (Å²) in [6, 6.07) is 16.9. The first-order valence-electron chi connectivity index (χ1n) is 10.7. The molecule has 0 aliphatic carbocycles. The van der Waals surface area contributed by atoms with Gasteiger partial charge in [0.25, 0.3) is 5.91 Å². The van der Waals surface area contributed by atoms with E-state index in [4.69, 9.17) is 28.1 Å². The van der Waals surface area contributed by atoms with E-state index in [1.807, 2.05) is 0 Å². The second-order valence-electron chi connectivity index (χ2n) is 7.63. The third-order valence-electron chi connectivity index (χ3n) is 5.29. The smallest absolute Gasteiger partial charge is 0.262 e. The van der Waals surface area contributed by atoms with Crippen molar-refractivity contribution in [1.29, 1.82) is 0 Å². The van der Waals surface area contributed by atoms with Gasteiger partial charge in [0.1, 0.15) is 17.1 Å². The highest BCUT2D eigenvalue weighted by Gasteiger charge is 2.17. The van der Waals surface area contributed by atoms with Gasteiger partial charge in [-0.05, 0) is 43.3 Å². The molecule has 1 aliphatic heterocycles. The minimum absolute atomic E-state index is 0.0683. The molecule has 0 spiro atoms. The Kier molecular flexibility index (Phi) is 5.88. The van der Waals surface area contributed by atoms with Gasteiger partial charge in [0, 0.05) is 17.8 Å². The van der Waals surface area contributed by atoms with Gasteiger partial charge in [-0.15, -0.1) is 0 Å². The number of carbonyl (C=O) groups is 1. The molecule has 1 aromatic heterocycles. The lowest BCUT2D eigenvalue weighted by Crippen LogP contribution is -2.20. The summed E-state index contributed by atoms with van der Waals surface area (Å²) in [5, 5.41) is 3.05. The Morgan fingerprint density at radius 1 is 1.00 bits per heavy atom. The molecular formula is C26H21NO8. The van der Waals surface area contributed by atoms with Gasteiger partial charge in [0.05, 0.1) is 12.5 Å². The molecule has 2 heterocycles. The van der Waals surface area contributed by atoms with Gasteiger partial charge < -0.3 is 33.4 Å². The van der Waals surface area contributed by atoms with E-state index < -0.39 is 0 Å². The summed E-state index contributed by atoms with van der Waals surface area (Å²) < 4.78 is 33.1. The monoisotopic (exact) mass is 475 g/mol. The second-order valence-corrected chi connectivity index (χ2v) is 7.63. The molecule has 3 aromatic carbocycles. The van der Waals surface area contributed by atoms with E-state index in [1.54, 1.807) is 67.6 Å². The minimum Gasteiger partial charge on any atom is -0.493 e. The Balaban J connectivity index is 1.30. The van der Waals surface area contributed by atoms with Crippen molar-refractivity contribution in [3.63, 3.8) is 0 Å². The Bertz CT molecular complexity index is 1480. The zero-order valence-corrected chi connectivity index (χ0v) is 19.0. The first-order valence-corrected chi connectivity index (χ1v) is 10.7. The van der Waals surface area contributed by atoms with Crippen LogP contribution in [0.5, 0.6) is 34.5 Å². The Hall–Kier alpha value is -4.66. The molecular weight excluding hydrogens is 454 g/mol. The Labute approximate surface area is 199 Å². The van der Waals surface area contributed by atoms with Crippen molar-refractivity contribution in [3.05, 3.63) is 76.6 Å². The summed E-state index contributed by atoms with van der Waals surface area (Å²) >= 11 is 0. The number of rotatable bonds is 7. The number of nitrogens with one attached hydrogen (secondary N) is 1. The van der Waals surface area contributed by atoms with E-state index in [0.717, 1.165) is 0 Å². The summed E-state index contributed by atoms with van der Waals surface area (Å²) in [4.78, 5) is 25.4. The number of hydrogen-bond donors (Lipinski definition) is 1. The molecule has 1 N–H and O–H groups in total. The maximum atomic E-state index is 13.1. The van der Waals surface area contributed by atoms with E-state index in [2.05, 4.69) is 5.32 Å². The summed E-state index contributed by atoms with van der Waals surface area (Å²) in [5.41, 5.74) is 0.542. The normalized spacial score (nSPS) is 11.8. The van der Waals surface area contributed by atoms with Crippen molar-refractivity contribution in [2.45, 2.75) is 6.92 Å². The van der Waals surface area contributed by atoms with Crippen molar-refractivity contribution >= 4 is 22.6 Å².